The minimum atomic E-state index is -4.11. The highest BCUT2D eigenvalue weighted by molar-refractivity contribution is 7.95. The lowest BCUT2D eigenvalue weighted by atomic mass is 10.1. The molecule has 1 heterocycles. The molecule has 0 spiro atoms. The third-order valence-corrected chi connectivity index (χ3v) is 5.08. The Labute approximate surface area is 133 Å². The fourth-order valence-electron chi connectivity index (χ4n) is 2.23. The van der Waals surface area contributed by atoms with E-state index in [-0.39, 0.29) is 10.8 Å². The second-order valence-electron chi connectivity index (χ2n) is 5.31. The lowest BCUT2D eigenvalue weighted by Gasteiger charge is -2.26. The molecule has 124 valence electrons. The molecule has 0 saturated carbocycles. The molecular weight excluding hydrogens is 324 g/mol. The molecule has 0 amide bonds. The summed E-state index contributed by atoms with van der Waals surface area (Å²) in [6, 6.07) is 2.36. The Kier molecular flexibility index (Phi) is 4.84. The summed E-state index contributed by atoms with van der Waals surface area (Å²) in [4.78, 5) is 0.891. The second kappa shape index (κ2) is 6.49. The monoisotopic (exact) mass is 341 g/mol. The molecule has 23 heavy (non-hydrogen) atoms. The predicted molar refractivity (Wildman–Crippen MR) is 83.9 cm³/mol. The van der Waals surface area contributed by atoms with Gasteiger partial charge >= 0.3 is 0 Å². The third-order valence-electron chi connectivity index (χ3n) is 3.30. The Bertz CT molecular complexity index is 799. The van der Waals surface area contributed by atoms with Gasteiger partial charge in [0, 0.05) is 24.7 Å². The fraction of sp³-hybridized carbons (Fsp3) is 0.267. The average molecular weight is 341 g/mol. The van der Waals surface area contributed by atoms with Gasteiger partial charge in [0.15, 0.2) is 0 Å². The summed E-state index contributed by atoms with van der Waals surface area (Å²) in [6.07, 6.45) is 4.34. The molecule has 2 N–H and O–H groups in total. The zero-order valence-electron chi connectivity index (χ0n) is 12.7. The van der Waals surface area contributed by atoms with Crippen LogP contribution in [-0.2, 0) is 9.84 Å². The minimum absolute atomic E-state index is 0.0192. The van der Waals surface area contributed by atoms with Crippen LogP contribution >= 0.6 is 0 Å². The maximum absolute atomic E-state index is 13.8. The summed E-state index contributed by atoms with van der Waals surface area (Å²) in [5.74, 6) is 3.86. The number of allylic oxidation sites excluding steroid dienone is 1. The zero-order valence-corrected chi connectivity index (χ0v) is 13.5. The molecule has 1 aliphatic heterocycles. The molecular formula is C15H17F2N3O2S. The standard InChI is InChI=1S/C15H17F2N3O2S/c1-10(2)15(19-18)20-7-3-4-12(9-20)23(21,22)14-6-5-11(16)8-13(14)17/h3-6,8-10H,7,18H2,1-2H3/b19-15-. The van der Waals surface area contributed by atoms with Gasteiger partial charge in [-0.15, -0.1) is 0 Å². The summed E-state index contributed by atoms with van der Waals surface area (Å²) >= 11 is 0. The molecule has 5 nitrogen and oxygen atoms in total. The van der Waals surface area contributed by atoms with E-state index >= 15 is 0 Å². The third kappa shape index (κ3) is 3.42. The topological polar surface area (TPSA) is 75.8 Å². The predicted octanol–water partition coefficient (Wildman–Crippen LogP) is 2.38. The number of benzene rings is 1. The Morgan fingerprint density at radius 1 is 1.35 bits per heavy atom. The van der Waals surface area contributed by atoms with Gasteiger partial charge in [-0.25, -0.2) is 17.2 Å². The van der Waals surface area contributed by atoms with Crippen LogP contribution in [0.1, 0.15) is 13.8 Å². The molecule has 8 heteroatoms. The van der Waals surface area contributed by atoms with Gasteiger partial charge in [0.1, 0.15) is 22.4 Å². The molecule has 0 radical (unpaired) electrons. The Morgan fingerprint density at radius 2 is 2.04 bits per heavy atom. The molecule has 0 saturated heterocycles. The first kappa shape index (κ1) is 17.1. The molecule has 1 aliphatic rings. The van der Waals surface area contributed by atoms with Crippen LogP contribution in [0.2, 0.25) is 0 Å². The van der Waals surface area contributed by atoms with Gasteiger partial charge in [0.2, 0.25) is 9.84 Å². The molecule has 0 unspecified atom stereocenters. The number of nitrogens with two attached hydrogens (primary N) is 1. The number of hydrogen-bond donors (Lipinski definition) is 1. The average Bonchev–Trinajstić information content (AvgIpc) is 2.47. The van der Waals surface area contributed by atoms with Gasteiger partial charge in [-0.2, -0.15) is 5.10 Å². The van der Waals surface area contributed by atoms with E-state index < -0.39 is 26.4 Å². The van der Waals surface area contributed by atoms with Gasteiger partial charge in [-0.05, 0) is 18.2 Å². The maximum Gasteiger partial charge on any atom is 0.210 e. The van der Waals surface area contributed by atoms with Gasteiger partial charge in [0.25, 0.3) is 0 Å². The highest BCUT2D eigenvalue weighted by Crippen LogP contribution is 2.26. The van der Waals surface area contributed by atoms with Gasteiger partial charge in [-0.3, -0.25) is 0 Å². The number of amidine groups is 1. The van der Waals surface area contributed by atoms with Gasteiger partial charge in [-0.1, -0.05) is 19.9 Å². The smallest absolute Gasteiger partial charge is 0.210 e. The SMILES string of the molecule is CC(C)/C(=N/N)N1C=C(S(=O)(=O)c2ccc(F)cc2F)C=CC1. The molecule has 0 aromatic heterocycles. The Balaban J connectivity index is 2.47. The van der Waals surface area contributed by atoms with Crippen LogP contribution in [0.25, 0.3) is 0 Å². The van der Waals surface area contributed by atoms with Crippen molar-refractivity contribution in [1.29, 1.82) is 0 Å². The van der Waals surface area contributed by atoms with Gasteiger partial charge < -0.3 is 10.7 Å². The lowest BCUT2D eigenvalue weighted by molar-refractivity contribution is 0.547. The highest BCUT2D eigenvalue weighted by Gasteiger charge is 2.26. The summed E-state index contributed by atoms with van der Waals surface area (Å²) in [6.45, 7) is 4.14. The molecule has 0 aliphatic carbocycles. The molecule has 0 atom stereocenters. The van der Waals surface area contributed by atoms with Crippen LogP contribution in [0.3, 0.4) is 0 Å². The van der Waals surface area contributed by atoms with Crippen molar-refractivity contribution in [3.63, 3.8) is 0 Å². The summed E-state index contributed by atoms with van der Waals surface area (Å²) in [5, 5.41) is 3.68. The van der Waals surface area contributed by atoms with E-state index in [2.05, 4.69) is 5.10 Å². The van der Waals surface area contributed by atoms with Gasteiger partial charge in [0.05, 0.1) is 4.91 Å². The number of hydrazone groups is 1. The van der Waals surface area contributed by atoms with Crippen LogP contribution in [0.5, 0.6) is 0 Å². The van der Waals surface area contributed by atoms with Crippen molar-refractivity contribution in [3.05, 3.63) is 53.1 Å². The maximum atomic E-state index is 13.8. The van der Waals surface area contributed by atoms with E-state index in [1.54, 1.807) is 11.0 Å². The quantitative estimate of drug-likeness (QED) is 0.301. The number of nitrogens with zero attached hydrogens (tertiary/aromatic N) is 2. The molecule has 2 rings (SSSR count). The van der Waals surface area contributed by atoms with Crippen LogP contribution in [0.15, 0.2) is 51.5 Å². The summed E-state index contributed by atoms with van der Waals surface area (Å²) in [5.41, 5.74) is 0. The molecule has 0 fully saturated rings. The van der Waals surface area contributed by atoms with Crippen LogP contribution in [0, 0.1) is 17.6 Å². The molecule has 1 aromatic carbocycles. The first-order chi connectivity index (χ1) is 10.8. The minimum Gasteiger partial charge on any atom is -0.330 e. The second-order valence-corrected chi connectivity index (χ2v) is 7.22. The fourth-order valence-corrected chi connectivity index (χ4v) is 3.58. The number of rotatable bonds is 3. The van der Waals surface area contributed by atoms with Crippen LogP contribution < -0.4 is 5.84 Å². The number of sulfone groups is 1. The highest BCUT2D eigenvalue weighted by atomic mass is 32.2. The number of hydrogen-bond acceptors (Lipinski definition) is 4. The Hall–Kier alpha value is -2.22. The van der Waals surface area contributed by atoms with E-state index in [1.165, 1.54) is 12.3 Å². The largest absolute Gasteiger partial charge is 0.330 e. The zero-order chi connectivity index (χ0) is 17.2. The number of halogens is 2. The van der Waals surface area contributed by atoms with E-state index in [0.29, 0.717) is 18.4 Å². The lowest BCUT2D eigenvalue weighted by Crippen LogP contribution is -2.33. The first-order valence-corrected chi connectivity index (χ1v) is 8.38. The molecule has 0 bridgehead atoms. The van der Waals surface area contributed by atoms with Crippen molar-refractivity contribution < 1.29 is 17.2 Å². The normalized spacial score (nSPS) is 16.0. The van der Waals surface area contributed by atoms with Crippen molar-refractivity contribution in [1.82, 2.24) is 4.90 Å². The van der Waals surface area contributed by atoms with Crippen LogP contribution in [-0.4, -0.2) is 25.7 Å². The Morgan fingerprint density at radius 3 is 2.61 bits per heavy atom. The summed E-state index contributed by atoms with van der Waals surface area (Å²) < 4.78 is 51.9. The van der Waals surface area contributed by atoms with Crippen molar-refractivity contribution in [2.75, 3.05) is 6.54 Å². The van der Waals surface area contributed by atoms with E-state index in [9.17, 15) is 17.2 Å². The van der Waals surface area contributed by atoms with Crippen molar-refractivity contribution >= 4 is 15.7 Å². The van der Waals surface area contributed by atoms with Crippen molar-refractivity contribution in [2.45, 2.75) is 18.7 Å². The van der Waals surface area contributed by atoms with Crippen molar-refractivity contribution in [2.24, 2.45) is 16.9 Å². The van der Waals surface area contributed by atoms with Crippen molar-refractivity contribution in [3.8, 4) is 0 Å². The van der Waals surface area contributed by atoms with E-state index in [0.717, 1.165) is 12.1 Å². The van der Waals surface area contributed by atoms with E-state index in [1.807, 2.05) is 13.8 Å². The molecule has 1 aromatic rings. The van der Waals surface area contributed by atoms with Crippen LogP contribution in [0.4, 0.5) is 8.78 Å². The summed E-state index contributed by atoms with van der Waals surface area (Å²) in [7, 11) is -4.11. The first-order valence-electron chi connectivity index (χ1n) is 6.90. The van der Waals surface area contributed by atoms with E-state index in [4.69, 9.17) is 5.84 Å².